The normalized spacial score (nSPS) is 19.3. The zero-order valence-electron chi connectivity index (χ0n) is 14.4. The highest BCUT2D eigenvalue weighted by molar-refractivity contribution is 6.68. The van der Waals surface area contributed by atoms with Gasteiger partial charge < -0.3 is 9.39 Å². The minimum Gasteiger partial charge on any atom is -0.461 e. The van der Waals surface area contributed by atoms with Crippen LogP contribution in [0.4, 0.5) is 0 Å². The molecule has 0 aliphatic carbocycles. The van der Waals surface area contributed by atoms with Gasteiger partial charge in [0, 0.05) is 5.39 Å². The summed E-state index contributed by atoms with van der Waals surface area (Å²) in [5.41, 5.74) is 2.14. The van der Waals surface area contributed by atoms with Crippen molar-refractivity contribution in [2.75, 3.05) is 6.61 Å². The number of H-pyrrole nitrogens is 1. The van der Waals surface area contributed by atoms with Crippen LogP contribution in [0.25, 0.3) is 10.9 Å². The second-order valence-corrected chi connectivity index (χ2v) is 7.30. The fraction of sp³-hybridized carbons (Fsp3) is 0.529. The van der Waals surface area contributed by atoms with Crippen LogP contribution in [-0.2, 0) is 9.39 Å². The average Bonchev–Trinajstić information content (AvgIpc) is 2.97. The Kier molecular flexibility index (Phi) is 3.75. The molecule has 5 nitrogen and oxygen atoms in total. The number of aromatic nitrogens is 2. The minimum atomic E-state index is -0.399. The standard InChI is InChI=1S/C17H23BN2O3/c1-6-22-15(21)14-12-9-11(7-8-13(12)19-20-14)18-10-16(2,3)17(4,5)23-18/h7-9H,6,10H2,1-5H3,(H,19,20). The van der Waals surface area contributed by atoms with Gasteiger partial charge >= 0.3 is 12.9 Å². The van der Waals surface area contributed by atoms with Crippen LogP contribution in [0, 0.1) is 5.41 Å². The summed E-state index contributed by atoms with van der Waals surface area (Å²) in [6.07, 6.45) is 0.943. The van der Waals surface area contributed by atoms with Gasteiger partial charge in [-0.25, -0.2) is 4.79 Å². The summed E-state index contributed by atoms with van der Waals surface area (Å²) in [6, 6.07) is 5.98. The number of aromatic amines is 1. The second-order valence-electron chi connectivity index (χ2n) is 7.30. The van der Waals surface area contributed by atoms with Gasteiger partial charge in [-0.3, -0.25) is 5.10 Å². The van der Waals surface area contributed by atoms with E-state index in [9.17, 15) is 4.79 Å². The highest BCUT2D eigenvalue weighted by Crippen LogP contribution is 2.45. The summed E-state index contributed by atoms with van der Waals surface area (Å²) in [7, 11) is 0. The third-order valence-electron chi connectivity index (χ3n) is 5.19. The lowest BCUT2D eigenvalue weighted by Crippen LogP contribution is -2.36. The van der Waals surface area contributed by atoms with Crippen molar-refractivity contribution in [2.24, 2.45) is 5.41 Å². The number of hydrogen-bond acceptors (Lipinski definition) is 4. The number of nitrogens with zero attached hydrogens (tertiary/aromatic N) is 1. The fourth-order valence-corrected chi connectivity index (χ4v) is 3.04. The first-order valence-electron chi connectivity index (χ1n) is 8.08. The average molecular weight is 314 g/mol. The molecule has 1 aromatic heterocycles. The number of hydrogen-bond donors (Lipinski definition) is 1. The van der Waals surface area contributed by atoms with Crippen molar-refractivity contribution in [3.05, 3.63) is 23.9 Å². The maximum atomic E-state index is 12.0. The predicted octanol–water partition coefficient (Wildman–Crippen LogP) is 2.77. The fourth-order valence-electron chi connectivity index (χ4n) is 3.04. The van der Waals surface area contributed by atoms with Gasteiger partial charge in [-0.2, -0.15) is 5.10 Å². The Morgan fingerprint density at radius 2 is 2.13 bits per heavy atom. The Balaban J connectivity index is 1.97. The van der Waals surface area contributed by atoms with Gasteiger partial charge in [-0.15, -0.1) is 0 Å². The molecule has 1 aliphatic rings. The van der Waals surface area contributed by atoms with Crippen LogP contribution < -0.4 is 5.46 Å². The number of nitrogens with one attached hydrogen (secondary N) is 1. The van der Waals surface area contributed by atoms with Crippen molar-refractivity contribution in [1.29, 1.82) is 0 Å². The topological polar surface area (TPSA) is 64.2 Å². The van der Waals surface area contributed by atoms with Crippen LogP contribution in [0.15, 0.2) is 18.2 Å². The van der Waals surface area contributed by atoms with E-state index < -0.39 is 5.97 Å². The smallest absolute Gasteiger partial charge is 0.359 e. The van der Waals surface area contributed by atoms with E-state index >= 15 is 0 Å². The van der Waals surface area contributed by atoms with Crippen LogP contribution in [-0.4, -0.2) is 35.3 Å². The first kappa shape index (κ1) is 16.1. The van der Waals surface area contributed by atoms with Gasteiger partial charge in [-0.1, -0.05) is 26.0 Å². The molecule has 0 atom stereocenters. The molecular formula is C17H23BN2O3. The van der Waals surface area contributed by atoms with E-state index in [1.807, 2.05) is 18.2 Å². The lowest BCUT2D eigenvalue weighted by atomic mass is 9.54. The molecule has 1 N–H and O–H groups in total. The molecule has 1 saturated heterocycles. The Morgan fingerprint density at radius 3 is 2.74 bits per heavy atom. The van der Waals surface area contributed by atoms with Crippen LogP contribution in [0.2, 0.25) is 6.32 Å². The van der Waals surface area contributed by atoms with Crippen LogP contribution in [0.1, 0.15) is 45.1 Å². The summed E-state index contributed by atoms with van der Waals surface area (Å²) < 4.78 is 11.3. The van der Waals surface area contributed by atoms with Crippen LogP contribution in [0.3, 0.4) is 0 Å². The number of fused-ring (bicyclic) bond motifs is 1. The van der Waals surface area contributed by atoms with Crippen LogP contribution >= 0.6 is 0 Å². The van der Waals surface area contributed by atoms with Gasteiger partial charge in [0.05, 0.1) is 17.7 Å². The monoisotopic (exact) mass is 314 g/mol. The van der Waals surface area contributed by atoms with Crippen molar-refractivity contribution in [3.63, 3.8) is 0 Å². The zero-order valence-corrected chi connectivity index (χ0v) is 14.4. The number of carbonyl (C=O) groups is 1. The molecule has 0 bridgehead atoms. The Bertz CT molecular complexity index is 735. The van der Waals surface area contributed by atoms with E-state index in [0.29, 0.717) is 12.3 Å². The second kappa shape index (κ2) is 5.37. The summed E-state index contributed by atoms with van der Waals surface area (Å²) >= 11 is 0. The third kappa shape index (κ3) is 2.65. The van der Waals surface area contributed by atoms with E-state index in [4.69, 9.17) is 9.39 Å². The molecule has 0 saturated carbocycles. The molecular weight excluding hydrogens is 291 g/mol. The molecule has 2 aromatic rings. The lowest BCUT2D eigenvalue weighted by Gasteiger charge is -2.34. The summed E-state index contributed by atoms with van der Waals surface area (Å²) in [5, 5.41) is 7.77. The molecule has 6 heteroatoms. The molecule has 1 aromatic carbocycles. The highest BCUT2D eigenvalue weighted by atomic mass is 16.5. The zero-order chi connectivity index (χ0) is 16.8. The largest absolute Gasteiger partial charge is 0.461 e. The predicted molar refractivity (Wildman–Crippen MR) is 91.2 cm³/mol. The number of ether oxygens (including phenoxy) is 1. The van der Waals surface area contributed by atoms with Crippen molar-refractivity contribution >= 4 is 29.3 Å². The van der Waals surface area contributed by atoms with E-state index in [1.54, 1.807) is 6.92 Å². The molecule has 23 heavy (non-hydrogen) atoms. The minimum absolute atomic E-state index is 0.0225. The number of carbonyl (C=O) groups excluding carboxylic acids is 1. The maximum Gasteiger partial charge on any atom is 0.359 e. The van der Waals surface area contributed by atoms with Crippen molar-refractivity contribution in [3.8, 4) is 0 Å². The van der Waals surface area contributed by atoms with Gasteiger partial charge in [0.15, 0.2) is 5.69 Å². The Morgan fingerprint density at radius 1 is 1.39 bits per heavy atom. The van der Waals surface area contributed by atoms with Gasteiger partial charge in [0.2, 0.25) is 0 Å². The van der Waals surface area contributed by atoms with Gasteiger partial charge in [0.1, 0.15) is 0 Å². The first-order chi connectivity index (χ1) is 10.7. The number of esters is 1. The van der Waals surface area contributed by atoms with Gasteiger partial charge in [-0.05, 0) is 44.0 Å². The molecule has 1 fully saturated rings. The summed E-state index contributed by atoms with van der Waals surface area (Å²) in [6.45, 7) is 10.9. The number of benzene rings is 1. The molecule has 1 aliphatic heterocycles. The van der Waals surface area contributed by atoms with Gasteiger partial charge in [0.25, 0.3) is 0 Å². The van der Waals surface area contributed by atoms with E-state index in [0.717, 1.165) is 22.7 Å². The Hall–Kier alpha value is -1.82. The summed E-state index contributed by atoms with van der Waals surface area (Å²) in [5.74, 6) is -0.399. The molecule has 0 amide bonds. The number of rotatable bonds is 3. The summed E-state index contributed by atoms with van der Waals surface area (Å²) in [4.78, 5) is 12.0. The van der Waals surface area contributed by atoms with Crippen molar-refractivity contribution in [2.45, 2.75) is 46.5 Å². The molecule has 122 valence electrons. The van der Waals surface area contributed by atoms with E-state index in [1.165, 1.54) is 0 Å². The van der Waals surface area contributed by atoms with Crippen LogP contribution in [0.5, 0.6) is 0 Å². The SMILES string of the molecule is CCOC(=O)c1n[nH]c2ccc(B3CC(C)(C)C(C)(C)O3)cc12. The van der Waals surface area contributed by atoms with E-state index in [2.05, 4.69) is 37.9 Å². The molecule has 0 unspecified atom stereocenters. The quantitative estimate of drug-likeness (QED) is 0.699. The van der Waals surface area contributed by atoms with Crippen molar-refractivity contribution < 1.29 is 14.2 Å². The first-order valence-corrected chi connectivity index (χ1v) is 8.08. The van der Waals surface area contributed by atoms with Crippen molar-refractivity contribution in [1.82, 2.24) is 10.2 Å². The lowest BCUT2D eigenvalue weighted by molar-refractivity contribution is 0.0375. The molecule has 3 rings (SSSR count). The highest BCUT2D eigenvalue weighted by Gasteiger charge is 2.49. The van der Waals surface area contributed by atoms with E-state index in [-0.39, 0.29) is 17.9 Å². The molecule has 0 spiro atoms. The Labute approximate surface area is 136 Å². The molecule has 2 heterocycles. The third-order valence-corrected chi connectivity index (χ3v) is 5.19. The molecule has 0 radical (unpaired) electrons. The maximum absolute atomic E-state index is 12.0.